The number of rotatable bonds is 3. The lowest BCUT2D eigenvalue weighted by molar-refractivity contribution is 0.0683. The van der Waals surface area contributed by atoms with Crippen LogP contribution >= 0.6 is 0 Å². The maximum absolute atomic E-state index is 10.7. The first kappa shape index (κ1) is 10.2. The van der Waals surface area contributed by atoms with Gasteiger partial charge in [-0.3, -0.25) is 0 Å². The van der Waals surface area contributed by atoms with Crippen molar-refractivity contribution in [3.8, 4) is 11.7 Å². The molecule has 2 aromatic rings. The van der Waals surface area contributed by atoms with Gasteiger partial charge in [0.1, 0.15) is 0 Å². The number of carbonyl (C=O) groups is 1. The van der Waals surface area contributed by atoms with Gasteiger partial charge >= 0.3 is 12.0 Å². The molecule has 0 radical (unpaired) electrons. The Morgan fingerprint density at radius 3 is 2.62 bits per heavy atom. The molecule has 0 aliphatic heterocycles. The van der Waals surface area contributed by atoms with Gasteiger partial charge in [0.15, 0.2) is 0 Å². The van der Waals surface area contributed by atoms with Crippen LogP contribution in [0.25, 0.3) is 5.69 Å². The number of benzene rings is 1. The Balaban J connectivity index is 2.52. The highest BCUT2D eigenvalue weighted by atomic mass is 16.5. The molecule has 6 nitrogen and oxygen atoms in total. The first-order valence-electron chi connectivity index (χ1n) is 4.52. The molecule has 1 aromatic carbocycles. The highest BCUT2D eigenvalue weighted by Crippen LogP contribution is 2.14. The van der Waals surface area contributed by atoms with Crippen molar-refractivity contribution in [2.24, 2.45) is 0 Å². The van der Waals surface area contributed by atoms with Crippen LogP contribution in [0.5, 0.6) is 6.01 Å². The molecule has 0 atom stereocenters. The standard InChI is InChI=1S/C10H9N3O3/c1-16-10-11-8(9(14)15)12-13(10)7-5-3-2-4-6-7/h2-6H,1H3,(H,14,15). The fourth-order valence-corrected chi connectivity index (χ4v) is 1.26. The van der Waals surface area contributed by atoms with E-state index in [4.69, 9.17) is 9.84 Å². The zero-order valence-corrected chi connectivity index (χ0v) is 8.49. The number of methoxy groups -OCH3 is 1. The lowest BCUT2D eigenvalue weighted by Gasteiger charge is -2.02. The molecule has 82 valence electrons. The van der Waals surface area contributed by atoms with E-state index in [2.05, 4.69) is 10.1 Å². The molecule has 0 bridgehead atoms. The van der Waals surface area contributed by atoms with Crippen molar-refractivity contribution in [3.05, 3.63) is 36.2 Å². The zero-order chi connectivity index (χ0) is 11.5. The quantitative estimate of drug-likeness (QED) is 0.832. The van der Waals surface area contributed by atoms with Gasteiger partial charge in [-0.05, 0) is 12.1 Å². The van der Waals surface area contributed by atoms with Crippen molar-refractivity contribution < 1.29 is 14.6 Å². The van der Waals surface area contributed by atoms with Gasteiger partial charge in [0, 0.05) is 0 Å². The van der Waals surface area contributed by atoms with E-state index in [0.717, 1.165) is 0 Å². The molecule has 1 aromatic heterocycles. The number of para-hydroxylation sites is 1. The van der Waals surface area contributed by atoms with E-state index in [1.54, 1.807) is 12.1 Å². The topological polar surface area (TPSA) is 77.2 Å². The van der Waals surface area contributed by atoms with Crippen LogP contribution in [0.1, 0.15) is 10.6 Å². The van der Waals surface area contributed by atoms with Crippen LogP contribution < -0.4 is 4.74 Å². The third-order valence-corrected chi connectivity index (χ3v) is 1.95. The van der Waals surface area contributed by atoms with Crippen LogP contribution in [0.3, 0.4) is 0 Å². The van der Waals surface area contributed by atoms with Crippen LogP contribution in [-0.4, -0.2) is 33.0 Å². The van der Waals surface area contributed by atoms with Gasteiger partial charge in [0.05, 0.1) is 12.8 Å². The molecule has 0 saturated carbocycles. The van der Waals surface area contributed by atoms with E-state index >= 15 is 0 Å². The van der Waals surface area contributed by atoms with Crippen molar-refractivity contribution in [3.63, 3.8) is 0 Å². The third-order valence-electron chi connectivity index (χ3n) is 1.95. The zero-order valence-electron chi connectivity index (χ0n) is 8.49. The van der Waals surface area contributed by atoms with E-state index < -0.39 is 5.97 Å². The molecule has 0 unspecified atom stereocenters. The second-order valence-electron chi connectivity index (χ2n) is 2.97. The summed E-state index contributed by atoms with van der Waals surface area (Å²) in [5.41, 5.74) is 0.694. The van der Waals surface area contributed by atoms with Gasteiger partial charge in [0.2, 0.25) is 0 Å². The summed E-state index contributed by atoms with van der Waals surface area (Å²) in [6, 6.07) is 9.19. The Labute approximate surface area is 91.1 Å². The Hall–Kier alpha value is -2.37. The number of nitrogens with zero attached hydrogens (tertiary/aromatic N) is 3. The van der Waals surface area contributed by atoms with Crippen LogP contribution in [0.2, 0.25) is 0 Å². The molecule has 6 heteroatoms. The maximum Gasteiger partial charge on any atom is 0.375 e. The second-order valence-corrected chi connectivity index (χ2v) is 2.97. The number of carboxylic acid groups (broad SMARTS) is 1. The first-order valence-corrected chi connectivity index (χ1v) is 4.52. The lowest BCUT2D eigenvalue weighted by atomic mass is 10.3. The highest BCUT2D eigenvalue weighted by Gasteiger charge is 2.16. The van der Waals surface area contributed by atoms with Gasteiger partial charge in [-0.25, -0.2) is 4.79 Å². The lowest BCUT2D eigenvalue weighted by Crippen LogP contribution is -2.02. The summed E-state index contributed by atoms with van der Waals surface area (Å²) in [7, 11) is 1.41. The minimum atomic E-state index is -1.19. The van der Waals surface area contributed by atoms with Crippen molar-refractivity contribution >= 4 is 5.97 Å². The molecule has 2 rings (SSSR count). The number of aromatic carboxylic acids is 1. The van der Waals surface area contributed by atoms with Crippen molar-refractivity contribution in [1.82, 2.24) is 14.8 Å². The SMILES string of the molecule is COc1nc(C(=O)O)nn1-c1ccccc1. The number of hydrogen-bond acceptors (Lipinski definition) is 4. The largest absolute Gasteiger partial charge is 0.475 e. The van der Waals surface area contributed by atoms with Gasteiger partial charge in [0.25, 0.3) is 5.82 Å². The summed E-state index contributed by atoms with van der Waals surface area (Å²) in [4.78, 5) is 14.5. The first-order chi connectivity index (χ1) is 7.72. The van der Waals surface area contributed by atoms with Crippen molar-refractivity contribution in [2.45, 2.75) is 0 Å². The Kier molecular flexibility index (Phi) is 2.55. The van der Waals surface area contributed by atoms with E-state index in [1.165, 1.54) is 11.8 Å². The van der Waals surface area contributed by atoms with Gasteiger partial charge < -0.3 is 9.84 Å². The summed E-state index contributed by atoms with van der Waals surface area (Å²) in [6.45, 7) is 0. The number of hydrogen-bond donors (Lipinski definition) is 1. The molecule has 0 fully saturated rings. The fraction of sp³-hybridized carbons (Fsp3) is 0.100. The number of aromatic nitrogens is 3. The maximum atomic E-state index is 10.7. The molecule has 0 spiro atoms. The smallest absolute Gasteiger partial charge is 0.375 e. The van der Waals surface area contributed by atoms with E-state index in [9.17, 15) is 4.79 Å². The van der Waals surface area contributed by atoms with Crippen LogP contribution in [-0.2, 0) is 0 Å². The summed E-state index contributed by atoms with van der Waals surface area (Å²) < 4.78 is 6.29. The third kappa shape index (κ3) is 1.72. The van der Waals surface area contributed by atoms with E-state index in [0.29, 0.717) is 5.69 Å². The van der Waals surface area contributed by atoms with Crippen molar-refractivity contribution in [2.75, 3.05) is 7.11 Å². The van der Waals surface area contributed by atoms with Gasteiger partial charge in [-0.15, -0.1) is 5.10 Å². The summed E-state index contributed by atoms with van der Waals surface area (Å²) in [6.07, 6.45) is 0. The summed E-state index contributed by atoms with van der Waals surface area (Å²) in [5.74, 6) is -1.48. The number of carboxylic acids is 1. The van der Waals surface area contributed by atoms with E-state index in [-0.39, 0.29) is 11.8 Å². The molecule has 0 saturated heterocycles. The van der Waals surface area contributed by atoms with Crippen LogP contribution in [0.4, 0.5) is 0 Å². The molecule has 1 heterocycles. The average molecular weight is 219 g/mol. The second kappa shape index (κ2) is 4.01. The molecule has 0 amide bonds. The molecule has 0 aliphatic rings. The minimum absolute atomic E-state index is 0.142. The van der Waals surface area contributed by atoms with Crippen LogP contribution in [0.15, 0.2) is 30.3 Å². The Morgan fingerprint density at radius 1 is 1.38 bits per heavy atom. The normalized spacial score (nSPS) is 10.1. The molecule has 1 N–H and O–H groups in total. The highest BCUT2D eigenvalue weighted by molar-refractivity contribution is 5.83. The summed E-state index contributed by atoms with van der Waals surface area (Å²) in [5, 5.41) is 12.6. The Morgan fingerprint density at radius 2 is 2.06 bits per heavy atom. The Bertz CT molecular complexity index is 507. The molecular weight excluding hydrogens is 210 g/mol. The monoisotopic (exact) mass is 219 g/mol. The number of ether oxygens (including phenoxy) is 1. The van der Waals surface area contributed by atoms with E-state index in [1.807, 2.05) is 18.2 Å². The minimum Gasteiger partial charge on any atom is -0.475 e. The molecule has 16 heavy (non-hydrogen) atoms. The van der Waals surface area contributed by atoms with Crippen LogP contribution in [0, 0.1) is 0 Å². The summed E-state index contributed by atoms with van der Waals surface area (Å²) >= 11 is 0. The van der Waals surface area contributed by atoms with Gasteiger partial charge in [-0.1, -0.05) is 18.2 Å². The molecule has 0 aliphatic carbocycles. The fourth-order valence-electron chi connectivity index (χ4n) is 1.26. The van der Waals surface area contributed by atoms with Crippen molar-refractivity contribution in [1.29, 1.82) is 0 Å². The van der Waals surface area contributed by atoms with Gasteiger partial charge in [-0.2, -0.15) is 9.67 Å². The average Bonchev–Trinajstić information content (AvgIpc) is 2.74. The predicted molar refractivity (Wildman–Crippen MR) is 54.9 cm³/mol. The molecular formula is C10H9N3O3. The predicted octanol–water partition coefficient (Wildman–Crippen LogP) is 0.974.